The van der Waals surface area contributed by atoms with Crippen LogP contribution in [-0.2, 0) is 4.74 Å². The highest BCUT2D eigenvalue weighted by molar-refractivity contribution is 6.20. The minimum atomic E-state index is -0.0343. The first-order valence-electron chi connectivity index (χ1n) is 4.78. The number of alkyl halides is 1. The fourth-order valence-corrected chi connectivity index (χ4v) is 1.26. The van der Waals surface area contributed by atoms with E-state index < -0.39 is 0 Å². The Kier molecular flexibility index (Phi) is 5.93. The monoisotopic (exact) mass is 207 g/mol. The van der Waals surface area contributed by atoms with Crippen LogP contribution in [0.15, 0.2) is 0 Å². The van der Waals surface area contributed by atoms with E-state index in [2.05, 4.69) is 32.7 Å². The Morgan fingerprint density at radius 2 is 1.92 bits per heavy atom. The molecule has 0 radical (unpaired) electrons. The lowest BCUT2D eigenvalue weighted by molar-refractivity contribution is -0.0106. The van der Waals surface area contributed by atoms with Crippen molar-refractivity contribution in [2.45, 2.75) is 38.7 Å². The van der Waals surface area contributed by atoms with E-state index in [1.807, 2.05) is 6.92 Å². The van der Waals surface area contributed by atoms with Gasteiger partial charge in [0.1, 0.15) is 0 Å². The standard InChI is InChI=1S/C10H22ClNO/c1-9(11)8-12(5)6-7-13-10(2,3)4/h9H,6-8H2,1-5H3. The molecular weight excluding hydrogens is 186 g/mol. The van der Waals surface area contributed by atoms with Crippen molar-refractivity contribution in [1.29, 1.82) is 0 Å². The van der Waals surface area contributed by atoms with Gasteiger partial charge in [-0.1, -0.05) is 0 Å². The number of hydrogen-bond acceptors (Lipinski definition) is 2. The number of likely N-dealkylation sites (N-methyl/N-ethyl adjacent to an activating group) is 1. The molecule has 0 saturated heterocycles. The van der Waals surface area contributed by atoms with Crippen molar-refractivity contribution in [3.05, 3.63) is 0 Å². The van der Waals surface area contributed by atoms with Gasteiger partial charge in [-0.15, -0.1) is 11.6 Å². The molecule has 13 heavy (non-hydrogen) atoms. The van der Waals surface area contributed by atoms with Crippen LogP contribution in [0, 0.1) is 0 Å². The van der Waals surface area contributed by atoms with E-state index in [9.17, 15) is 0 Å². The molecule has 3 heteroatoms. The summed E-state index contributed by atoms with van der Waals surface area (Å²) in [6, 6.07) is 0. The van der Waals surface area contributed by atoms with Gasteiger partial charge in [0.05, 0.1) is 12.2 Å². The third-order valence-electron chi connectivity index (χ3n) is 1.57. The second kappa shape index (κ2) is 5.84. The van der Waals surface area contributed by atoms with Crippen LogP contribution in [0.5, 0.6) is 0 Å². The lowest BCUT2D eigenvalue weighted by Crippen LogP contribution is -2.31. The van der Waals surface area contributed by atoms with E-state index in [1.165, 1.54) is 0 Å². The predicted molar refractivity (Wildman–Crippen MR) is 58.5 cm³/mol. The maximum atomic E-state index is 5.86. The van der Waals surface area contributed by atoms with Crippen molar-refractivity contribution in [1.82, 2.24) is 4.90 Å². The smallest absolute Gasteiger partial charge is 0.0600 e. The zero-order chi connectivity index (χ0) is 10.5. The summed E-state index contributed by atoms with van der Waals surface area (Å²) < 4.78 is 5.60. The molecule has 0 amide bonds. The first kappa shape index (κ1) is 13.2. The maximum absolute atomic E-state index is 5.86. The van der Waals surface area contributed by atoms with Gasteiger partial charge in [0.25, 0.3) is 0 Å². The molecule has 0 aromatic carbocycles. The Bertz CT molecular complexity index is 131. The summed E-state index contributed by atoms with van der Waals surface area (Å²) in [6.45, 7) is 10.8. The molecule has 0 bridgehead atoms. The van der Waals surface area contributed by atoms with Crippen LogP contribution < -0.4 is 0 Å². The molecule has 0 rings (SSSR count). The van der Waals surface area contributed by atoms with Crippen molar-refractivity contribution in [2.24, 2.45) is 0 Å². The van der Waals surface area contributed by atoms with Crippen LogP contribution in [0.3, 0.4) is 0 Å². The molecule has 0 aromatic heterocycles. The fourth-order valence-electron chi connectivity index (χ4n) is 1.03. The SMILES string of the molecule is CC(Cl)CN(C)CCOC(C)(C)C. The van der Waals surface area contributed by atoms with Gasteiger partial charge in [0.15, 0.2) is 0 Å². The van der Waals surface area contributed by atoms with E-state index in [4.69, 9.17) is 16.3 Å². The van der Waals surface area contributed by atoms with E-state index in [1.54, 1.807) is 0 Å². The quantitative estimate of drug-likeness (QED) is 0.642. The Labute approximate surface area is 87.2 Å². The highest BCUT2D eigenvalue weighted by Gasteiger charge is 2.10. The van der Waals surface area contributed by atoms with Gasteiger partial charge in [-0.2, -0.15) is 0 Å². The summed E-state index contributed by atoms with van der Waals surface area (Å²) in [5.41, 5.74) is -0.0343. The molecule has 0 aliphatic heterocycles. The van der Waals surface area contributed by atoms with Gasteiger partial charge in [0, 0.05) is 18.5 Å². The molecule has 0 saturated carbocycles. The summed E-state index contributed by atoms with van der Waals surface area (Å²) in [4.78, 5) is 2.18. The van der Waals surface area contributed by atoms with Gasteiger partial charge in [-0.25, -0.2) is 0 Å². The van der Waals surface area contributed by atoms with Gasteiger partial charge in [0.2, 0.25) is 0 Å². The second-order valence-corrected chi connectivity index (χ2v) is 5.25. The number of nitrogens with zero attached hydrogens (tertiary/aromatic N) is 1. The lowest BCUT2D eigenvalue weighted by Gasteiger charge is -2.23. The summed E-state index contributed by atoms with van der Waals surface area (Å²) in [6.07, 6.45) is 0. The minimum absolute atomic E-state index is 0.0343. The molecule has 0 aliphatic rings. The molecule has 0 N–H and O–H groups in total. The molecule has 0 aliphatic carbocycles. The second-order valence-electron chi connectivity index (χ2n) is 4.50. The summed E-state index contributed by atoms with van der Waals surface area (Å²) >= 11 is 5.86. The molecule has 2 nitrogen and oxygen atoms in total. The van der Waals surface area contributed by atoms with Crippen molar-refractivity contribution in [3.63, 3.8) is 0 Å². The molecule has 1 atom stereocenters. The lowest BCUT2D eigenvalue weighted by atomic mass is 10.2. The van der Waals surface area contributed by atoms with Crippen LogP contribution >= 0.6 is 11.6 Å². The Balaban J connectivity index is 3.42. The largest absolute Gasteiger partial charge is 0.375 e. The van der Waals surface area contributed by atoms with Crippen molar-refractivity contribution in [3.8, 4) is 0 Å². The third-order valence-corrected chi connectivity index (χ3v) is 1.71. The van der Waals surface area contributed by atoms with E-state index in [0.717, 1.165) is 19.7 Å². The summed E-state index contributed by atoms with van der Waals surface area (Å²) in [5.74, 6) is 0. The van der Waals surface area contributed by atoms with E-state index >= 15 is 0 Å². The van der Waals surface area contributed by atoms with E-state index in [-0.39, 0.29) is 11.0 Å². The molecule has 80 valence electrons. The predicted octanol–water partition coefficient (Wildman–Crippen LogP) is 2.36. The number of halogens is 1. The van der Waals surface area contributed by atoms with Gasteiger partial charge in [-0.3, -0.25) is 0 Å². The first-order chi connectivity index (χ1) is 5.81. The van der Waals surface area contributed by atoms with Crippen LogP contribution in [0.1, 0.15) is 27.7 Å². The fraction of sp³-hybridized carbons (Fsp3) is 1.00. The molecule has 0 heterocycles. The van der Waals surface area contributed by atoms with Gasteiger partial charge in [-0.05, 0) is 34.7 Å². The van der Waals surface area contributed by atoms with Crippen LogP contribution in [0.2, 0.25) is 0 Å². The highest BCUT2D eigenvalue weighted by Crippen LogP contribution is 2.06. The number of rotatable bonds is 5. The Morgan fingerprint density at radius 1 is 1.38 bits per heavy atom. The summed E-state index contributed by atoms with van der Waals surface area (Å²) in [5, 5.41) is 0.208. The Hall–Kier alpha value is 0.210. The van der Waals surface area contributed by atoms with Crippen LogP contribution in [-0.4, -0.2) is 42.6 Å². The maximum Gasteiger partial charge on any atom is 0.0600 e. The topological polar surface area (TPSA) is 12.5 Å². The molecule has 1 unspecified atom stereocenters. The number of hydrogen-bond donors (Lipinski definition) is 0. The van der Waals surface area contributed by atoms with E-state index in [0.29, 0.717) is 0 Å². The molecule has 0 fully saturated rings. The van der Waals surface area contributed by atoms with Crippen LogP contribution in [0.4, 0.5) is 0 Å². The zero-order valence-electron chi connectivity index (χ0n) is 9.43. The Morgan fingerprint density at radius 3 is 2.31 bits per heavy atom. The van der Waals surface area contributed by atoms with Crippen molar-refractivity contribution < 1.29 is 4.74 Å². The number of ether oxygens (including phenoxy) is 1. The normalized spacial score (nSPS) is 15.0. The molecular formula is C10H22ClNO. The zero-order valence-corrected chi connectivity index (χ0v) is 10.2. The first-order valence-corrected chi connectivity index (χ1v) is 5.21. The average Bonchev–Trinajstić information content (AvgIpc) is 1.81. The van der Waals surface area contributed by atoms with Gasteiger partial charge < -0.3 is 9.64 Å². The molecule has 0 spiro atoms. The van der Waals surface area contributed by atoms with Crippen molar-refractivity contribution in [2.75, 3.05) is 26.7 Å². The average molecular weight is 208 g/mol. The third kappa shape index (κ3) is 10.1. The van der Waals surface area contributed by atoms with Gasteiger partial charge >= 0.3 is 0 Å². The van der Waals surface area contributed by atoms with Crippen LogP contribution in [0.25, 0.3) is 0 Å². The highest BCUT2D eigenvalue weighted by atomic mass is 35.5. The summed E-state index contributed by atoms with van der Waals surface area (Å²) in [7, 11) is 2.06. The van der Waals surface area contributed by atoms with Crippen molar-refractivity contribution >= 4 is 11.6 Å². The molecule has 0 aromatic rings. The minimum Gasteiger partial charge on any atom is -0.375 e.